The first-order chi connectivity index (χ1) is 8.04. The van der Waals surface area contributed by atoms with Crippen molar-refractivity contribution in [1.82, 2.24) is 14.1 Å². The zero-order valence-corrected chi connectivity index (χ0v) is 10.9. The Balaban J connectivity index is 2.21. The van der Waals surface area contributed by atoms with Gasteiger partial charge in [0.1, 0.15) is 4.90 Å². The van der Waals surface area contributed by atoms with Crippen LogP contribution in [0.3, 0.4) is 0 Å². The highest BCUT2D eigenvalue weighted by atomic mass is 32.2. The number of ether oxygens (including phenoxy) is 1. The molecule has 2 rings (SSSR count). The van der Waals surface area contributed by atoms with Crippen LogP contribution in [0.4, 0.5) is 0 Å². The normalized spacial score (nSPS) is 22.8. The lowest BCUT2D eigenvalue weighted by molar-refractivity contribution is -0.00278. The first kappa shape index (κ1) is 12.5. The van der Waals surface area contributed by atoms with Crippen LogP contribution in [-0.2, 0) is 21.8 Å². The Morgan fingerprint density at radius 1 is 1.59 bits per heavy atom. The Morgan fingerprint density at radius 2 is 2.35 bits per heavy atom. The lowest BCUT2D eigenvalue weighted by Gasteiger charge is -2.31. The van der Waals surface area contributed by atoms with Gasteiger partial charge in [-0.05, 0) is 6.42 Å². The first-order valence-electron chi connectivity index (χ1n) is 5.64. The zero-order chi connectivity index (χ0) is 12.5. The van der Waals surface area contributed by atoms with Gasteiger partial charge in [0.25, 0.3) is 0 Å². The number of nitrogens with zero attached hydrogens (tertiary/aromatic N) is 3. The van der Waals surface area contributed by atoms with Crippen LogP contribution in [0.15, 0.2) is 17.3 Å². The summed E-state index contributed by atoms with van der Waals surface area (Å²) >= 11 is 0. The van der Waals surface area contributed by atoms with Gasteiger partial charge in [-0.2, -0.15) is 9.40 Å². The fraction of sp³-hybridized carbons (Fsp3) is 0.700. The van der Waals surface area contributed by atoms with Crippen LogP contribution in [0.5, 0.6) is 0 Å². The Kier molecular flexibility index (Phi) is 3.50. The van der Waals surface area contributed by atoms with Gasteiger partial charge in [-0.1, -0.05) is 6.92 Å². The monoisotopic (exact) mass is 259 g/mol. The topological polar surface area (TPSA) is 64.4 Å². The van der Waals surface area contributed by atoms with Crippen molar-refractivity contribution in [3.8, 4) is 0 Å². The summed E-state index contributed by atoms with van der Waals surface area (Å²) in [6.45, 7) is 3.28. The minimum atomic E-state index is -3.41. The van der Waals surface area contributed by atoms with E-state index in [9.17, 15) is 8.42 Å². The minimum absolute atomic E-state index is 0.00445. The molecule has 0 unspecified atom stereocenters. The van der Waals surface area contributed by atoms with Crippen molar-refractivity contribution in [2.75, 3.05) is 19.7 Å². The summed E-state index contributed by atoms with van der Waals surface area (Å²) in [5, 5.41) is 3.90. The van der Waals surface area contributed by atoms with Gasteiger partial charge in [-0.25, -0.2) is 8.42 Å². The van der Waals surface area contributed by atoms with Gasteiger partial charge in [0.15, 0.2) is 0 Å². The van der Waals surface area contributed by atoms with Crippen molar-refractivity contribution in [3.05, 3.63) is 12.4 Å². The largest absolute Gasteiger partial charge is 0.375 e. The van der Waals surface area contributed by atoms with Crippen LogP contribution in [0.25, 0.3) is 0 Å². The summed E-state index contributed by atoms with van der Waals surface area (Å²) in [5.74, 6) is 0. The molecule has 2 heterocycles. The molecule has 1 aliphatic rings. The maximum atomic E-state index is 12.3. The van der Waals surface area contributed by atoms with Crippen molar-refractivity contribution in [2.45, 2.75) is 24.3 Å². The lowest BCUT2D eigenvalue weighted by Crippen LogP contribution is -2.45. The maximum absolute atomic E-state index is 12.3. The number of morpholine rings is 1. The molecule has 6 nitrogen and oxygen atoms in total. The average molecular weight is 259 g/mol. The van der Waals surface area contributed by atoms with Crippen molar-refractivity contribution < 1.29 is 13.2 Å². The molecule has 1 fully saturated rings. The molecule has 0 bridgehead atoms. The molecule has 0 spiro atoms. The number of hydrogen-bond donors (Lipinski definition) is 0. The second-order valence-corrected chi connectivity index (χ2v) is 6.05. The van der Waals surface area contributed by atoms with Crippen molar-refractivity contribution in [2.24, 2.45) is 7.05 Å². The Morgan fingerprint density at radius 3 is 2.94 bits per heavy atom. The van der Waals surface area contributed by atoms with E-state index in [1.54, 1.807) is 7.05 Å². The predicted octanol–water partition coefficient (Wildman–Crippen LogP) is 0.220. The molecule has 1 saturated heterocycles. The van der Waals surface area contributed by atoms with E-state index in [1.165, 1.54) is 21.4 Å². The highest BCUT2D eigenvalue weighted by Crippen LogP contribution is 2.18. The third-order valence-electron chi connectivity index (χ3n) is 2.88. The maximum Gasteiger partial charge on any atom is 0.246 e. The molecular formula is C10H17N3O3S. The van der Waals surface area contributed by atoms with E-state index >= 15 is 0 Å². The molecular weight excluding hydrogens is 242 g/mol. The SMILES string of the molecule is CC[C@@H]1CN(S(=O)(=O)c2cnn(C)c2)CCO1. The summed E-state index contributed by atoms with van der Waals surface area (Å²) in [5.41, 5.74) is 0. The zero-order valence-electron chi connectivity index (χ0n) is 10.0. The van der Waals surface area contributed by atoms with Crippen LogP contribution >= 0.6 is 0 Å². The fourth-order valence-corrected chi connectivity index (χ4v) is 3.28. The van der Waals surface area contributed by atoms with Crippen molar-refractivity contribution in [1.29, 1.82) is 0 Å². The molecule has 96 valence electrons. The number of hydrogen-bond acceptors (Lipinski definition) is 4. The summed E-state index contributed by atoms with van der Waals surface area (Å²) < 4.78 is 33.0. The van der Waals surface area contributed by atoms with Gasteiger partial charge in [0, 0.05) is 26.3 Å². The van der Waals surface area contributed by atoms with Crippen LogP contribution in [0.2, 0.25) is 0 Å². The summed E-state index contributed by atoms with van der Waals surface area (Å²) in [7, 11) is -1.71. The highest BCUT2D eigenvalue weighted by Gasteiger charge is 2.30. The molecule has 0 amide bonds. The summed E-state index contributed by atoms with van der Waals surface area (Å²) in [4.78, 5) is 0.247. The number of sulfonamides is 1. The highest BCUT2D eigenvalue weighted by molar-refractivity contribution is 7.89. The van der Waals surface area contributed by atoms with Gasteiger partial charge in [0.05, 0.1) is 18.9 Å². The van der Waals surface area contributed by atoms with E-state index in [4.69, 9.17) is 4.74 Å². The number of aromatic nitrogens is 2. The molecule has 0 aromatic carbocycles. The minimum Gasteiger partial charge on any atom is -0.375 e. The molecule has 1 aromatic heterocycles. The third kappa shape index (κ3) is 2.51. The quantitative estimate of drug-likeness (QED) is 0.779. The van der Waals surface area contributed by atoms with Gasteiger partial charge >= 0.3 is 0 Å². The van der Waals surface area contributed by atoms with Gasteiger partial charge in [-0.15, -0.1) is 0 Å². The van der Waals surface area contributed by atoms with E-state index in [1.807, 2.05) is 6.92 Å². The fourth-order valence-electron chi connectivity index (χ4n) is 1.84. The Hall–Kier alpha value is -0.920. The van der Waals surface area contributed by atoms with Crippen LogP contribution in [0.1, 0.15) is 13.3 Å². The van der Waals surface area contributed by atoms with E-state index < -0.39 is 10.0 Å². The summed E-state index contributed by atoms with van der Waals surface area (Å²) in [6.07, 6.45) is 3.71. The molecule has 0 radical (unpaired) electrons. The molecule has 17 heavy (non-hydrogen) atoms. The Labute approximate surface area is 101 Å². The van der Waals surface area contributed by atoms with Crippen LogP contribution < -0.4 is 0 Å². The number of aryl methyl sites for hydroxylation is 1. The van der Waals surface area contributed by atoms with Gasteiger partial charge in [0.2, 0.25) is 10.0 Å². The van der Waals surface area contributed by atoms with Gasteiger partial charge < -0.3 is 4.74 Å². The Bertz CT molecular complexity index is 483. The standard InChI is InChI=1S/C10H17N3O3S/c1-3-9-7-13(4-5-16-9)17(14,15)10-6-11-12(2)8-10/h6,8-9H,3-5,7H2,1-2H3/t9-/m1/s1. The second-order valence-electron chi connectivity index (χ2n) is 4.11. The van der Waals surface area contributed by atoms with E-state index in [2.05, 4.69) is 5.10 Å². The molecule has 1 atom stereocenters. The smallest absolute Gasteiger partial charge is 0.246 e. The molecule has 0 N–H and O–H groups in total. The molecule has 7 heteroatoms. The van der Waals surface area contributed by atoms with Gasteiger partial charge in [-0.3, -0.25) is 4.68 Å². The summed E-state index contributed by atoms with van der Waals surface area (Å²) in [6, 6.07) is 0. The average Bonchev–Trinajstić information content (AvgIpc) is 2.76. The van der Waals surface area contributed by atoms with E-state index in [0.717, 1.165) is 6.42 Å². The molecule has 1 aromatic rings. The molecule has 0 saturated carbocycles. The van der Waals surface area contributed by atoms with Crippen LogP contribution in [0, 0.1) is 0 Å². The predicted molar refractivity (Wildman–Crippen MR) is 62.0 cm³/mol. The van der Waals surface area contributed by atoms with Crippen LogP contribution in [-0.4, -0.2) is 48.3 Å². The van der Waals surface area contributed by atoms with Crippen molar-refractivity contribution >= 4 is 10.0 Å². The molecule has 1 aliphatic heterocycles. The molecule has 0 aliphatic carbocycles. The second kappa shape index (κ2) is 4.75. The number of rotatable bonds is 3. The van der Waals surface area contributed by atoms with E-state index in [0.29, 0.717) is 19.7 Å². The van der Waals surface area contributed by atoms with E-state index in [-0.39, 0.29) is 11.0 Å². The van der Waals surface area contributed by atoms with Crippen molar-refractivity contribution in [3.63, 3.8) is 0 Å². The first-order valence-corrected chi connectivity index (χ1v) is 7.08. The third-order valence-corrected chi connectivity index (χ3v) is 4.69. The lowest BCUT2D eigenvalue weighted by atomic mass is 10.2.